The number of benzene rings is 1. The molecule has 0 aromatic heterocycles. The maximum absolute atomic E-state index is 13.8. The number of aldehydes is 1. The van der Waals surface area contributed by atoms with Gasteiger partial charge in [0.05, 0.1) is 6.04 Å². The molecule has 0 aliphatic carbocycles. The molecule has 1 heterocycles. The fraction of sp³-hybridized carbons (Fsp3) is 0.429. The summed E-state index contributed by atoms with van der Waals surface area (Å²) in [4.78, 5) is 24.1. The van der Waals surface area contributed by atoms with Crippen LogP contribution in [0.5, 0.6) is 0 Å². The molecule has 1 amide bonds. The third kappa shape index (κ3) is 3.17. The van der Waals surface area contributed by atoms with Crippen molar-refractivity contribution in [1.82, 2.24) is 4.90 Å². The number of carbonyl (C=O) groups excluding carboxylic acids is 2. The Bertz CT molecular complexity index is 490. The van der Waals surface area contributed by atoms with Crippen molar-refractivity contribution in [3.8, 4) is 0 Å². The summed E-state index contributed by atoms with van der Waals surface area (Å²) in [6, 6.07) is 3.92. The second-order valence-corrected chi connectivity index (χ2v) is 4.84. The van der Waals surface area contributed by atoms with Gasteiger partial charge in [0.15, 0.2) is 0 Å². The number of hydrogen-bond acceptors (Lipinski definition) is 3. The number of likely N-dealkylation sites (tertiary alicyclic amines) is 1. The summed E-state index contributed by atoms with van der Waals surface area (Å²) in [6.07, 6.45) is 3.74. The molecule has 0 bridgehead atoms. The Kier molecular flexibility index (Phi) is 4.27. The molecule has 1 atom stereocenters. The van der Waals surface area contributed by atoms with Crippen molar-refractivity contribution in [3.63, 3.8) is 0 Å². The fourth-order valence-corrected chi connectivity index (χ4v) is 2.44. The summed E-state index contributed by atoms with van der Waals surface area (Å²) >= 11 is 0. The van der Waals surface area contributed by atoms with Gasteiger partial charge in [0.1, 0.15) is 12.1 Å². The highest BCUT2D eigenvalue weighted by Gasteiger charge is 2.22. The molecule has 1 aliphatic heterocycles. The molecular weight excluding hydrogens is 247 g/mol. The van der Waals surface area contributed by atoms with Gasteiger partial charge in [0.2, 0.25) is 5.91 Å². The van der Waals surface area contributed by atoms with Crippen LogP contribution in [0, 0.1) is 5.82 Å². The minimum Gasteiger partial charge on any atom is -0.366 e. The third-order valence-electron chi connectivity index (χ3n) is 3.52. The van der Waals surface area contributed by atoms with Crippen LogP contribution < -0.4 is 5.73 Å². The largest absolute Gasteiger partial charge is 0.366 e. The van der Waals surface area contributed by atoms with Crippen LogP contribution >= 0.6 is 0 Å². The van der Waals surface area contributed by atoms with Crippen LogP contribution in [0.4, 0.5) is 4.39 Å². The number of carbonyl (C=O) groups is 2. The monoisotopic (exact) mass is 264 g/mol. The Hall–Kier alpha value is -1.75. The molecule has 4 nitrogen and oxygen atoms in total. The first-order chi connectivity index (χ1) is 9.11. The molecule has 2 N–H and O–H groups in total. The highest BCUT2D eigenvalue weighted by Crippen LogP contribution is 2.20. The van der Waals surface area contributed by atoms with Crippen LogP contribution in [-0.4, -0.2) is 29.7 Å². The molecule has 0 radical (unpaired) electrons. The normalized spacial score (nSPS) is 20.2. The van der Waals surface area contributed by atoms with Gasteiger partial charge in [-0.15, -0.1) is 0 Å². The average molecular weight is 264 g/mol. The molecular formula is C14H17FN2O2. The fourth-order valence-electron chi connectivity index (χ4n) is 2.44. The van der Waals surface area contributed by atoms with E-state index in [1.54, 1.807) is 0 Å². The number of hydrogen-bond donors (Lipinski definition) is 1. The second kappa shape index (κ2) is 5.93. The standard InChI is InChI=1S/C14H17FN2O2/c15-13-5-4-10(14(16)19)7-11(13)8-17-6-2-1-3-12(17)9-18/h4-5,7,9,12H,1-3,6,8H2,(H2,16,19). The highest BCUT2D eigenvalue weighted by molar-refractivity contribution is 5.92. The van der Waals surface area contributed by atoms with Crippen LogP contribution in [-0.2, 0) is 11.3 Å². The van der Waals surface area contributed by atoms with E-state index in [2.05, 4.69) is 0 Å². The molecule has 5 heteroatoms. The van der Waals surface area contributed by atoms with Crippen molar-refractivity contribution in [2.45, 2.75) is 31.8 Å². The van der Waals surface area contributed by atoms with Gasteiger partial charge in [0.25, 0.3) is 0 Å². The van der Waals surface area contributed by atoms with Crippen molar-refractivity contribution < 1.29 is 14.0 Å². The Morgan fingerprint density at radius 2 is 2.26 bits per heavy atom. The van der Waals surface area contributed by atoms with Gasteiger partial charge < -0.3 is 10.5 Å². The quantitative estimate of drug-likeness (QED) is 0.838. The summed E-state index contributed by atoms with van der Waals surface area (Å²) in [5.74, 6) is -0.952. The Balaban J connectivity index is 2.19. The minimum atomic E-state index is -0.577. The molecule has 1 unspecified atom stereocenters. The predicted molar refractivity (Wildman–Crippen MR) is 69.0 cm³/mol. The summed E-state index contributed by atoms with van der Waals surface area (Å²) in [6.45, 7) is 1.10. The zero-order chi connectivity index (χ0) is 13.8. The molecule has 1 fully saturated rings. The van der Waals surface area contributed by atoms with Crippen LogP contribution in [0.15, 0.2) is 18.2 Å². The van der Waals surface area contributed by atoms with Gasteiger partial charge >= 0.3 is 0 Å². The van der Waals surface area contributed by atoms with E-state index in [1.165, 1.54) is 18.2 Å². The van der Waals surface area contributed by atoms with Crippen LogP contribution in [0.2, 0.25) is 0 Å². The van der Waals surface area contributed by atoms with E-state index >= 15 is 0 Å². The van der Waals surface area contributed by atoms with Crippen LogP contribution in [0.3, 0.4) is 0 Å². The van der Waals surface area contributed by atoms with Crippen molar-refractivity contribution in [2.75, 3.05) is 6.54 Å². The van der Waals surface area contributed by atoms with Gasteiger partial charge in [-0.3, -0.25) is 9.69 Å². The number of piperidine rings is 1. The van der Waals surface area contributed by atoms with Gasteiger partial charge in [-0.1, -0.05) is 6.42 Å². The molecule has 1 saturated heterocycles. The Morgan fingerprint density at radius 3 is 2.95 bits per heavy atom. The average Bonchev–Trinajstić information content (AvgIpc) is 2.41. The topological polar surface area (TPSA) is 63.4 Å². The molecule has 0 spiro atoms. The first kappa shape index (κ1) is 13.7. The van der Waals surface area contributed by atoms with Gasteiger partial charge in [0, 0.05) is 17.7 Å². The third-order valence-corrected chi connectivity index (χ3v) is 3.52. The molecule has 19 heavy (non-hydrogen) atoms. The van der Waals surface area contributed by atoms with Crippen molar-refractivity contribution in [1.29, 1.82) is 0 Å². The first-order valence-corrected chi connectivity index (χ1v) is 6.39. The van der Waals surface area contributed by atoms with Crippen molar-refractivity contribution in [2.24, 2.45) is 5.73 Å². The molecule has 0 saturated carbocycles. The number of amides is 1. The smallest absolute Gasteiger partial charge is 0.248 e. The molecule has 102 valence electrons. The number of rotatable bonds is 4. The highest BCUT2D eigenvalue weighted by atomic mass is 19.1. The lowest BCUT2D eigenvalue weighted by Crippen LogP contribution is -2.40. The van der Waals surface area contributed by atoms with Crippen LogP contribution in [0.1, 0.15) is 35.2 Å². The molecule has 2 rings (SSSR count). The van der Waals surface area contributed by atoms with E-state index in [0.717, 1.165) is 32.1 Å². The number of primary amides is 1. The van der Waals surface area contributed by atoms with E-state index in [4.69, 9.17) is 5.73 Å². The summed E-state index contributed by atoms with van der Waals surface area (Å²) < 4.78 is 13.8. The number of nitrogens with zero attached hydrogens (tertiary/aromatic N) is 1. The Morgan fingerprint density at radius 1 is 1.47 bits per heavy atom. The molecule has 1 aliphatic rings. The van der Waals surface area contributed by atoms with E-state index in [9.17, 15) is 14.0 Å². The lowest BCUT2D eigenvalue weighted by molar-refractivity contribution is -0.113. The van der Waals surface area contributed by atoms with Gasteiger partial charge in [-0.25, -0.2) is 4.39 Å². The van der Waals surface area contributed by atoms with Gasteiger partial charge in [-0.2, -0.15) is 0 Å². The lowest BCUT2D eigenvalue weighted by Gasteiger charge is -2.32. The van der Waals surface area contributed by atoms with Crippen molar-refractivity contribution in [3.05, 3.63) is 35.1 Å². The molecule has 1 aromatic carbocycles. The predicted octanol–water partition coefficient (Wildman–Crippen LogP) is 1.48. The maximum atomic E-state index is 13.8. The zero-order valence-electron chi connectivity index (χ0n) is 10.6. The van der Waals surface area contributed by atoms with Gasteiger partial charge in [-0.05, 0) is 37.6 Å². The maximum Gasteiger partial charge on any atom is 0.248 e. The van der Waals surface area contributed by atoms with Crippen molar-refractivity contribution >= 4 is 12.2 Å². The van der Waals surface area contributed by atoms with E-state index in [0.29, 0.717) is 12.1 Å². The van der Waals surface area contributed by atoms with E-state index in [1.807, 2.05) is 4.90 Å². The minimum absolute atomic E-state index is 0.162. The summed E-state index contributed by atoms with van der Waals surface area (Å²) in [5.41, 5.74) is 5.88. The SMILES string of the molecule is NC(=O)c1ccc(F)c(CN2CCCCC2C=O)c1. The number of halogens is 1. The second-order valence-electron chi connectivity index (χ2n) is 4.84. The Labute approximate surface area is 111 Å². The zero-order valence-corrected chi connectivity index (χ0v) is 10.6. The lowest BCUT2D eigenvalue weighted by atomic mass is 10.0. The van der Waals surface area contributed by atoms with Crippen LogP contribution in [0.25, 0.3) is 0 Å². The number of nitrogens with two attached hydrogens (primary N) is 1. The van der Waals surface area contributed by atoms with E-state index < -0.39 is 5.91 Å². The summed E-state index contributed by atoms with van der Waals surface area (Å²) in [5, 5.41) is 0. The first-order valence-electron chi connectivity index (χ1n) is 6.39. The summed E-state index contributed by atoms with van der Waals surface area (Å²) in [7, 11) is 0. The van der Waals surface area contributed by atoms with E-state index in [-0.39, 0.29) is 17.4 Å². The molecule has 1 aromatic rings.